The first-order chi connectivity index (χ1) is 11.8. The molecule has 3 heterocycles. The number of aromatic nitrogens is 4. The maximum Gasteiger partial charge on any atom is 0.208 e. The molecule has 4 rings (SSSR count). The number of para-hydroxylation sites is 1. The highest BCUT2D eigenvalue weighted by Crippen LogP contribution is 2.23. The summed E-state index contributed by atoms with van der Waals surface area (Å²) in [7, 11) is 1.98. The molecule has 0 aliphatic heterocycles. The minimum atomic E-state index is 0.732. The van der Waals surface area contributed by atoms with Crippen molar-refractivity contribution in [2.75, 3.05) is 10.6 Å². The molecule has 4 aromatic rings. The molecule has 24 heavy (non-hydrogen) atoms. The van der Waals surface area contributed by atoms with Gasteiger partial charge >= 0.3 is 0 Å². The summed E-state index contributed by atoms with van der Waals surface area (Å²) in [6.45, 7) is 0. The van der Waals surface area contributed by atoms with E-state index in [1.807, 2.05) is 66.2 Å². The molecule has 6 heteroatoms. The highest BCUT2D eigenvalue weighted by Gasteiger charge is 2.09. The van der Waals surface area contributed by atoms with E-state index < -0.39 is 0 Å². The maximum absolute atomic E-state index is 4.60. The van der Waals surface area contributed by atoms with E-state index in [9.17, 15) is 0 Å². The Morgan fingerprint density at radius 2 is 1.71 bits per heavy atom. The molecule has 6 nitrogen and oxygen atoms in total. The van der Waals surface area contributed by atoms with Crippen LogP contribution in [0.15, 0.2) is 67.0 Å². The van der Waals surface area contributed by atoms with E-state index in [-0.39, 0.29) is 0 Å². The molecule has 0 atom stereocenters. The molecule has 3 aromatic heterocycles. The number of anilines is 4. The van der Waals surface area contributed by atoms with Gasteiger partial charge in [0.1, 0.15) is 17.2 Å². The highest BCUT2D eigenvalue weighted by atomic mass is 15.2. The lowest BCUT2D eigenvalue weighted by Crippen LogP contribution is -1.99. The minimum absolute atomic E-state index is 0.732. The zero-order valence-electron chi connectivity index (χ0n) is 13.1. The van der Waals surface area contributed by atoms with Gasteiger partial charge in [0.2, 0.25) is 5.95 Å². The van der Waals surface area contributed by atoms with Crippen molar-refractivity contribution in [2.24, 2.45) is 7.05 Å². The van der Waals surface area contributed by atoms with Gasteiger partial charge in [-0.25, -0.2) is 15.0 Å². The quantitative estimate of drug-likeness (QED) is 0.598. The number of rotatable bonds is 4. The van der Waals surface area contributed by atoms with Crippen LogP contribution in [0.3, 0.4) is 0 Å². The van der Waals surface area contributed by atoms with E-state index in [0.29, 0.717) is 0 Å². The molecule has 0 radical (unpaired) electrons. The predicted octanol–water partition coefficient (Wildman–Crippen LogP) is 3.85. The second kappa shape index (κ2) is 6.00. The summed E-state index contributed by atoms with van der Waals surface area (Å²) >= 11 is 0. The number of aryl methyl sites for hydroxylation is 1. The molecule has 1 aromatic carbocycles. The van der Waals surface area contributed by atoms with Gasteiger partial charge in [-0.05, 0) is 24.3 Å². The van der Waals surface area contributed by atoms with E-state index in [1.54, 1.807) is 12.4 Å². The van der Waals surface area contributed by atoms with Crippen molar-refractivity contribution in [1.29, 1.82) is 0 Å². The Labute approximate surface area is 139 Å². The number of hydrogen-bond donors (Lipinski definition) is 2. The average molecular weight is 316 g/mol. The Morgan fingerprint density at radius 3 is 2.50 bits per heavy atom. The first-order valence-corrected chi connectivity index (χ1v) is 7.62. The van der Waals surface area contributed by atoms with Crippen molar-refractivity contribution in [2.45, 2.75) is 0 Å². The Balaban J connectivity index is 1.66. The molecular weight excluding hydrogens is 300 g/mol. The van der Waals surface area contributed by atoms with Crippen LogP contribution in [-0.2, 0) is 7.05 Å². The fraction of sp³-hybridized carbons (Fsp3) is 0.0556. The van der Waals surface area contributed by atoms with Crippen LogP contribution in [0.4, 0.5) is 23.3 Å². The maximum atomic E-state index is 4.60. The van der Waals surface area contributed by atoms with Gasteiger partial charge in [0, 0.05) is 25.0 Å². The van der Waals surface area contributed by atoms with Crippen LogP contribution >= 0.6 is 0 Å². The highest BCUT2D eigenvalue weighted by molar-refractivity contribution is 5.81. The molecule has 0 amide bonds. The Bertz CT molecular complexity index is 963. The van der Waals surface area contributed by atoms with E-state index in [2.05, 4.69) is 25.6 Å². The summed E-state index contributed by atoms with van der Waals surface area (Å²) in [5.41, 5.74) is 2.82. The summed E-state index contributed by atoms with van der Waals surface area (Å²) in [4.78, 5) is 13.3. The Hall–Kier alpha value is -3.41. The lowest BCUT2D eigenvalue weighted by molar-refractivity contribution is 0.958. The zero-order valence-corrected chi connectivity index (χ0v) is 13.1. The van der Waals surface area contributed by atoms with Gasteiger partial charge in [0.15, 0.2) is 0 Å². The van der Waals surface area contributed by atoms with Gasteiger partial charge in [0.05, 0.1) is 11.7 Å². The largest absolute Gasteiger partial charge is 0.326 e. The van der Waals surface area contributed by atoms with Gasteiger partial charge in [-0.15, -0.1) is 0 Å². The van der Waals surface area contributed by atoms with E-state index in [1.165, 1.54) is 0 Å². The van der Waals surface area contributed by atoms with Crippen molar-refractivity contribution in [3.05, 3.63) is 67.0 Å². The second-order valence-corrected chi connectivity index (χ2v) is 5.38. The SMILES string of the molecule is Cn1c(Nc2ccccc2)nc2cnc(Nc3ccccn3)cc21. The topological polar surface area (TPSA) is 67.7 Å². The summed E-state index contributed by atoms with van der Waals surface area (Å²) in [6, 6.07) is 17.6. The predicted molar refractivity (Wildman–Crippen MR) is 95.8 cm³/mol. The van der Waals surface area contributed by atoms with E-state index >= 15 is 0 Å². The molecule has 118 valence electrons. The Kier molecular flexibility index (Phi) is 3.55. The summed E-state index contributed by atoms with van der Waals surface area (Å²) in [5.74, 6) is 2.26. The fourth-order valence-corrected chi connectivity index (χ4v) is 2.49. The lowest BCUT2D eigenvalue weighted by Gasteiger charge is -2.06. The molecule has 0 saturated heterocycles. The van der Waals surface area contributed by atoms with Gasteiger partial charge in [-0.3, -0.25) is 0 Å². The molecule has 0 saturated carbocycles. The lowest BCUT2D eigenvalue weighted by atomic mass is 10.3. The molecule has 0 aliphatic carbocycles. The van der Waals surface area contributed by atoms with Crippen LogP contribution in [0.25, 0.3) is 11.0 Å². The fourth-order valence-electron chi connectivity index (χ4n) is 2.49. The van der Waals surface area contributed by atoms with Crippen molar-refractivity contribution < 1.29 is 0 Å². The van der Waals surface area contributed by atoms with Gasteiger partial charge < -0.3 is 15.2 Å². The van der Waals surface area contributed by atoms with Gasteiger partial charge in [-0.2, -0.15) is 0 Å². The van der Waals surface area contributed by atoms with Crippen LogP contribution in [0, 0.1) is 0 Å². The van der Waals surface area contributed by atoms with Crippen LogP contribution in [-0.4, -0.2) is 19.5 Å². The van der Waals surface area contributed by atoms with Crippen molar-refractivity contribution in [1.82, 2.24) is 19.5 Å². The van der Waals surface area contributed by atoms with Crippen LogP contribution in [0.2, 0.25) is 0 Å². The third-order valence-electron chi connectivity index (χ3n) is 3.72. The van der Waals surface area contributed by atoms with E-state index in [4.69, 9.17) is 0 Å². The number of fused-ring (bicyclic) bond motifs is 1. The standard InChI is InChI=1S/C18H16N6/c1-24-15-11-17(23-16-9-5-6-10-19-16)20-12-14(15)22-18(24)21-13-7-3-2-4-8-13/h2-12H,1H3,(H,21,22)(H,19,20,23). The smallest absolute Gasteiger partial charge is 0.208 e. The average Bonchev–Trinajstić information content (AvgIpc) is 2.93. The van der Waals surface area contributed by atoms with Crippen LogP contribution < -0.4 is 10.6 Å². The normalized spacial score (nSPS) is 10.7. The third-order valence-corrected chi connectivity index (χ3v) is 3.72. The number of benzene rings is 1. The van der Waals surface area contributed by atoms with Crippen molar-refractivity contribution >= 4 is 34.3 Å². The molecule has 2 N–H and O–H groups in total. The number of pyridine rings is 2. The van der Waals surface area contributed by atoms with Crippen molar-refractivity contribution in [3.63, 3.8) is 0 Å². The van der Waals surface area contributed by atoms with Gasteiger partial charge in [0.25, 0.3) is 0 Å². The molecule has 0 bridgehead atoms. The summed E-state index contributed by atoms with van der Waals surface area (Å²) in [6.07, 6.45) is 3.50. The molecule has 0 unspecified atom stereocenters. The third kappa shape index (κ3) is 2.77. The van der Waals surface area contributed by atoms with Crippen LogP contribution in [0.5, 0.6) is 0 Å². The Morgan fingerprint density at radius 1 is 0.875 bits per heavy atom. The second-order valence-electron chi connectivity index (χ2n) is 5.38. The molecular formula is C18H16N6. The first kappa shape index (κ1) is 14.2. The zero-order chi connectivity index (χ0) is 16.4. The summed E-state index contributed by atoms with van der Waals surface area (Å²) in [5, 5.41) is 6.52. The van der Waals surface area contributed by atoms with E-state index in [0.717, 1.165) is 34.3 Å². The molecule has 0 aliphatic rings. The van der Waals surface area contributed by atoms with Crippen LogP contribution in [0.1, 0.15) is 0 Å². The monoisotopic (exact) mass is 316 g/mol. The number of nitrogens with one attached hydrogen (secondary N) is 2. The molecule has 0 spiro atoms. The van der Waals surface area contributed by atoms with Gasteiger partial charge in [-0.1, -0.05) is 24.3 Å². The molecule has 0 fully saturated rings. The first-order valence-electron chi connectivity index (χ1n) is 7.62. The van der Waals surface area contributed by atoms with Crippen molar-refractivity contribution in [3.8, 4) is 0 Å². The summed E-state index contributed by atoms with van der Waals surface area (Å²) < 4.78 is 2.01. The number of hydrogen-bond acceptors (Lipinski definition) is 5. The number of imidazole rings is 1. The number of nitrogens with zero attached hydrogens (tertiary/aromatic N) is 4. The minimum Gasteiger partial charge on any atom is -0.326 e.